The lowest BCUT2D eigenvalue weighted by atomic mass is 9.82. The van der Waals surface area contributed by atoms with E-state index < -0.39 is 11.6 Å². The van der Waals surface area contributed by atoms with Gasteiger partial charge in [0.1, 0.15) is 5.54 Å². The molecule has 25 heavy (non-hydrogen) atoms. The molecule has 1 saturated heterocycles. The first-order valence-electron chi connectivity index (χ1n) is 8.85. The van der Waals surface area contributed by atoms with E-state index in [9.17, 15) is 19.2 Å². The van der Waals surface area contributed by atoms with Crippen molar-refractivity contribution in [3.05, 3.63) is 0 Å². The van der Waals surface area contributed by atoms with E-state index in [0.29, 0.717) is 12.8 Å². The average Bonchev–Trinajstić information content (AvgIpc) is 2.73. The number of urea groups is 1. The van der Waals surface area contributed by atoms with Gasteiger partial charge in [-0.05, 0) is 33.6 Å². The fourth-order valence-electron chi connectivity index (χ4n) is 3.32. The van der Waals surface area contributed by atoms with Gasteiger partial charge in [-0.2, -0.15) is 0 Å². The summed E-state index contributed by atoms with van der Waals surface area (Å²) in [5, 5.41) is 8.06. The summed E-state index contributed by atoms with van der Waals surface area (Å²) >= 11 is 0. The van der Waals surface area contributed by atoms with Gasteiger partial charge in [0.2, 0.25) is 11.8 Å². The highest BCUT2D eigenvalue weighted by Gasteiger charge is 2.50. The van der Waals surface area contributed by atoms with Crippen LogP contribution < -0.4 is 16.0 Å². The maximum absolute atomic E-state index is 12.6. The molecule has 140 valence electrons. The summed E-state index contributed by atoms with van der Waals surface area (Å²) in [7, 11) is 0. The first kappa shape index (κ1) is 19.2. The molecule has 1 saturated carbocycles. The zero-order valence-corrected chi connectivity index (χ0v) is 15.2. The minimum absolute atomic E-state index is 0.0158. The third-order valence-corrected chi connectivity index (χ3v) is 4.48. The molecule has 2 fully saturated rings. The molecule has 0 bridgehead atoms. The molecule has 0 aromatic carbocycles. The zero-order chi connectivity index (χ0) is 18.7. The van der Waals surface area contributed by atoms with Crippen LogP contribution in [-0.4, -0.2) is 52.8 Å². The monoisotopic (exact) mass is 352 g/mol. The van der Waals surface area contributed by atoms with E-state index in [1.807, 2.05) is 20.8 Å². The number of nitrogens with zero attached hydrogens (tertiary/aromatic N) is 1. The van der Waals surface area contributed by atoms with Gasteiger partial charge in [-0.1, -0.05) is 19.3 Å². The summed E-state index contributed by atoms with van der Waals surface area (Å²) < 4.78 is 0. The van der Waals surface area contributed by atoms with Gasteiger partial charge in [-0.3, -0.25) is 19.3 Å². The maximum atomic E-state index is 12.6. The predicted octanol–water partition coefficient (Wildman–Crippen LogP) is 0.662. The first-order valence-corrected chi connectivity index (χ1v) is 8.85. The number of hydrogen-bond acceptors (Lipinski definition) is 4. The lowest BCUT2D eigenvalue weighted by Gasteiger charge is -2.30. The van der Waals surface area contributed by atoms with E-state index in [4.69, 9.17) is 0 Å². The van der Waals surface area contributed by atoms with E-state index in [-0.39, 0.29) is 42.8 Å². The molecule has 1 heterocycles. The molecule has 1 spiro atoms. The van der Waals surface area contributed by atoms with E-state index >= 15 is 0 Å². The Labute approximate surface area is 148 Å². The van der Waals surface area contributed by atoms with Crippen LogP contribution in [0.3, 0.4) is 0 Å². The Morgan fingerprint density at radius 1 is 1.12 bits per heavy atom. The normalized spacial score (nSPS) is 19.7. The highest BCUT2D eigenvalue weighted by molar-refractivity contribution is 6.07. The molecule has 0 radical (unpaired) electrons. The van der Waals surface area contributed by atoms with Gasteiger partial charge in [0.15, 0.2) is 0 Å². The molecule has 0 atom stereocenters. The Morgan fingerprint density at radius 3 is 2.36 bits per heavy atom. The van der Waals surface area contributed by atoms with Crippen molar-refractivity contribution in [3.8, 4) is 0 Å². The molecule has 8 nitrogen and oxygen atoms in total. The molecule has 0 unspecified atom stereocenters. The fourth-order valence-corrected chi connectivity index (χ4v) is 3.32. The van der Waals surface area contributed by atoms with Crippen LogP contribution in [0.25, 0.3) is 0 Å². The van der Waals surface area contributed by atoms with E-state index in [1.165, 1.54) is 0 Å². The van der Waals surface area contributed by atoms with Crippen LogP contribution in [0.1, 0.15) is 59.3 Å². The van der Waals surface area contributed by atoms with Crippen molar-refractivity contribution >= 4 is 23.8 Å². The standard InChI is InChI=1S/C17H28N4O4/c1-16(2,3)19-13(23)11-18-12(22)7-10-21-14(24)17(20-15(21)25)8-5-4-6-9-17/h4-11H2,1-3H3,(H,18,22)(H,19,23)(H,20,25). The third kappa shape index (κ3) is 4.93. The van der Waals surface area contributed by atoms with E-state index in [0.717, 1.165) is 24.2 Å². The quantitative estimate of drug-likeness (QED) is 0.632. The second kappa shape index (κ2) is 7.41. The number of rotatable bonds is 5. The Balaban J connectivity index is 1.79. The molecule has 1 aliphatic heterocycles. The molecular weight excluding hydrogens is 324 g/mol. The van der Waals surface area contributed by atoms with Crippen LogP contribution in [0, 0.1) is 0 Å². The van der Waals surface area contributed by atoms with Crippen molar-refractivity contribution in [2.45, 2.75) is 70.4 Å². The molecule has 1 aliphatic carbocycles. The van der Waals surface area contributed by atoms with E-state index in [2.05, 4.69) is 16.0 Å². The largest absolute Gasteiger partial charge is 0.350 e. The second-order valence-corrected chi connectivity index (χ2v) is 7.85. The van der Waals surface area contributed by atoms with Crippen LogP contribution in [0.2, 0.25) is 0 Å². The lowest BCUT2D eigenvalue weighted by Crippen LogP contribution is -2.48. The predicted molar refractivity (Wildman–Crippen MR) is 91.6 cm³/mol. The summed E-state index contributed by atoms with van der Waals surface area (Å²) in [4.78, 5) is 49.4. The molecule has 5 amide bonds. The lowest BCUT2D eigenvalue weighted by molar-refractivity contribution is -0.133. The minimum Gasteiger partial charge on any atom is -0.350 e. The summed E-state index contributed by atoms with van der Waals surface area (Å²) in [6.07, 6.45) is 4.22. The van der Waals surface area contributed by atoms with Gasteiger partial charge in [-0.25, -0.2) is 4.79 Å². The van der Waals surface area contributed by atoms with Crippen LogP contribution in [0.5, 0.6) is 0 Å². The Bertz CT molecular complexity index is 561. The summed E-state index contributed by atoms with van der Waals surface area (Å²) in [6.45, 7) is 5.46. The van der Waals surface area contributed by atoms with Crippen LogP contribution in [0.4, 0.5) is 4.79 Å². The Morgan fingerprint density at radius 2 is 1.76 bits per heavy atom. The van der Waals surface area contributed by atoms with Crippen LogP contribution >= 0.6 is 0 Å². The molecule has 8 heteroatoms. The number of hydrogen-bond donors (Lipinski definition) is 3. The number of carbonyl (C=O) groups is 4. The summed E-state index contributed by atoms with van der Waals surface area (Å²) in [6, 6.07) is -0.426. The van der Waals surface area contributed by atoms with Gasteiger partial charge in [0, 0.05) is 18.5 Å². The summed E-state index contributed by atoms with van der Waals surface area (Å²) in [5.41, 5.74) is -1.13. The topological polar surface area (TPSA) is 108 Å². The van der Waals surface area contributed by atoms with Gasteiger partial charge < -0.3 is 16.0 Å². The van der Waals surface area contributed by atoms with Crippen molar-refractivity contribution in [3.63, 3.8) is 0 Å². The SMILES string of the molecule is CC(C)(C)NC(=O)CNC(=O)CCN1C(=O)NC2(CCCCC2)C1=O. The number of imide groups is 1. The van der Waals surface area contributed by atoms with Crippen molar-refractivity contribution in [2.24, 2.45) is 0 Å². The van der Waals surface area contributed by atoms with Crippen LogP contribution in [0.15, 0.2) is 0 Å². The number of nitrogens with one attached hydrogen (secondary N) is 3. The molecule has 2 aliphatic rings. The molecular formula is C17H28N4O4. The molecule has 2 rings (SSSR count). The highest BCUT2D eigenvalue weighted by atomic mass is 16.2. The Kier molecular flexibility index (Phi) is 5.69. The smallest absolute Gasteiger partial charge is 0.325 e. The van der Waals surface area contributed by atoms with Gasteiger partial charge >= 0.3 is 6.03 Å². The van der Waals surface area contributed by atoms with Crippen molar-refractivity contribution in [1.82, 2.24) is 20.9 Å². The zero-order valence-electron chi connectivity index (χ0n) is 15.2. The number of carbonyl (C=O) groups excluding carboxylic acids is 4. The highest BCUT2D eigenvalue weighted by Crippen LogP contribution is 2.33. The molecule has 0 aromatic rings. The number of amides is 5. The Hall–Kier alpha value is -2.12. The maximum Gasteiger partial charge on any atom is 0.325 e. The van der Waals surface area contributed by atoms with Gasteiger partial charge in [0.05, 0.1) is 6.54 Å². The molecule has 3 N–H and O–H groups in total. The summed E-state index contributed by atoms with van der Waals surface area (Å²) in [5.74, 6) is -0.873. The van der Waals surface area contributed by atoms with Crippen molar-refractivity contribution < 1.29 is 19.2 Å². The minimum atomic E-state index is -0.765. The van der Waals surface area contributed by atoms with Crippen LogP contribution in [-0.2, 0) is 14.4 Å². The van der Waals surface area contributed by atoms with Gasteiger partial charge in [0.25, 0.3) is 5.91 Å². The van der Waals surface area contributed by atoms with E-state index in [1.54, 1.807) is 0 Å². The average molecular weight is 352 g/mol. The van der Waals surface area contributed by atoms with Crippen molar-refractivity contribution in [1.29, 1.82) is 0 Å². The fraction of sp³-hybridized carbons (Fsp3) is 0.765. The first-order chi connectivity index (χ1) is 11.6. The molecule has 0 aromatic heterocycles. The second-order valence-electron chi connectivity index (χ2n) is 7.85. The third-order valence-electron chi connectivity index (χ3n) is 4.48. The van der Waals surface area contributed by atoms with Gasteiger partial charge in [-0.15, -0.1) is 0 Å². The van der Waals surface area contributed by atoms with Crippen molar-refractivity contribution in [2.75, 3.05) is 13.1 Å².